The zero-order valence-corrected chi connectivity index (χ0v) is 19.8. The van der Waals surface area contributed by atoms with Crippen LogP contribution >= 0.6 is 0 Å². The smallest absolute Gasteiger partial charge is 0.326 e. The van der Waals surface area contributed by atoms with Gasteiger partial charge in [-0.25, -0.2) is 4.79 Å². The van der Waals surface area contributed by atoms with Crippen LogP contribution in [0.15, 0.2) is 0 Å². The number of aliphatic carboxylic acids is 1. The van der Waals surface area contributed by atoms with Crippen molar-refractivity contribution in [3.63, 3.8) is 0 Å². The Balaban J connectivity index is 2.93. The number of nitrogens with two attached hydrogens (primary N) is 2. The minimum atomic E-state index is -1.13. The molecule has 1 heterocycles. The van der Waals surface area contributed by atoms with E-state index in [9.17, 15) is 24.3 Å². The molecule has 10 nitrogen and oxygen atoms in total. The Labute approximate surface area is 190 Å². The second-order valence-electron chi connectivity index (χ2n) is 9.02. The molecule has 0 aliphatic carbocycles. The Morgan fingerprint density at radius 1 is 1.12 bits per heavy atom. The third-order valence-electron chi connectivity index (χ3n) is 6.19. The highest BCUT2D eigenvalue weighted by atomic mass is 16.4. The van der Waals surface area contributed by atoms with Crippen LogP contribution in [0, 0.1) is 11.8 Å². The molecule has 7 N–H and O–H groups in total. The number of carbonyl (C=O) groups excluding carboxylic acids is 3. The first kappa shape index (κ1) is 27.8. The zero-order valence-electron chi connectivity index (χ0n) is 19.8. The first-order valence-corrected chi connectivity index (χ1v) is 11.6. The highest BCUT2D eigenvalue weighted by molar-refractivity contribution is 5.94. The molecule has 0 aromatic heterocycles. The minimum absolute atomic E-state index is 0.00872. The summed E-state index contributed by atoms with van der Waals surface area (Å²) in [5, 5.41) is 14.7. The molecule has 1 fully saturated rings. The van der Waals surface area contributed by atoms with Crippen molar-refractivity contribution in [1.29, 1.82) is 0 Å². The highest BCUT2D eigenvalue weighted by Crippen LogP contribution is 2.21. The summed E-state index contributed by atoms with van der Waals surface area (Å²) in [5.41, 5.74) is 11.6. The topological polar surface area (TPSA) is 168 Å². The molecule has 1 aliphatic heterocycles. The van der Waals surface area contributed by atoms with Crippen molar-refractivity contribution in [3.05, 3.63) is 0 Å². The van der Waals surface area contributed by atoms with Crippen LogP contribution in [0.25, 0.3) is 0 Å². The van der Waals surface area contributed by atoms with E-state index in [2.05, 4.69) is 10.6 Å². The van der Waals surface area contributed by atoms with Gasteiger partial charge >= 0.3 is 5.97 Å². The van der Waals surface area contributed by atoms with Gasteiger partial charge in [0.05, 0.1) is 6.04 Å². The van der Waals surface area contributed by atoms with Crippen LogP contribution in [-0.2, 0) is 19.2 Å². The van der Waals surface area contributed by atoms with Crippen molar-refractivity contribution in [2.45, 2.75) is 90.4 Å². The van der Waals surface area contributed by atoms with Crippen molar-refractivity contribution in [2.75, 3.05) is 13.1 Å². The molecule has 1 rings (SSSR count). The van der Waals surface area contributed by atoms with Gasteiger partial charge in [0.2, 0.25) is 17.7 Å². The van der Waals surface area contributed by atoms with Crippen molar-refractivity contribution >= 4 is 23.7 Å². The number of nitrogens with zero attached hydrogens (tertiary/aromatic N) is 1. The maximum absolute atomic E-state index is 13.1. The summed E-state index contributed by atoms with van der Waals surface area (Å²) in [6.45, 7) is 8.15. The second kappa shape index (κ2) is 13.4. The summed E-state index contributed by atoms with van der Waals surface area (Å²) < 4.78 is 0. The summed E-state index contributed by atoms with van der Waals surface area (Å²) in [5.74, 6) is -2.69. The molecule has 5 unspecified atom stereocenters. The van der Waals surface area contributed by atoms with Gasteiger partial charge in [0, 0.05) is 6.54 Å². The van der Waals surface area contributed by atoms with Crippen LogP contribution in [0.3, 0.4) is 0 Å². The number of nitrogens with one attached hydrogen (secondary N) is 2. The van der Waals surface area contributed by atoms with Crippen LogP contribution < -0.4 is 22.1 Å². The molecule has 1 saturated heterocycles. The van der Waals surface area contributed by atoms with E-state index < -0.39 is 42.0 Å². The number of hydrogen-bond donors (Lipinski definition) is 5. The van der Waals surface area contributed by atoms with Crippen molar-refractivity contribution in [2.24, 2.45) is 23.3 Å². The lowest BCUT2D eigenvalue weighted by atomic mass is 9.98. The van der Waals surface area contributed by atoms with Crippen molar-refractivity contribution < 1.29 is 24.3 Å². The van der Waals surface area contributed by atoms with Crippen LogP contribution in [0.5, 0.6) is 0 Å². The van der Waals surface area contributed by atoms with E-state index in [4.69, 9.17) is 11.5 Å². The Bertz CT molecular complexity index is 657. The van der Waals surface area contributed by atoms with Crippen molar-refractivity contribution in [3.8, 4) is 0 Å². The van der Waals surface area contributed by atoms with E-state index in [0.717, 1.165) is 6.42 Å². The fraction of sp³-hybridized carbons (Fsp3) is 0.818. The maximum Gasteiger partial charge on any atom is 0.326 e. The molecular weight excluding hydrogens is 414 g/mol. The molecule has 0 aromatic rings. The van der Waals surface area contributed by atoms with Crippen molar-refractivity contribution in [1.82, 2.24) is 15.5 Å². The number of likely N-dealkylation sites (tertiary alicyclic amines) is 1. The Hall–Kier alpha value is -2.20. The van der Waals surface area contributed by atoms with Gasteiger partial charge in [0.1, 0.15) is 18.1 Å². The molecule has 3 amide bonds. The quantitative estimate of drug-likeness (QED) is 0.247. The predicted octanol–water partition coefficient (Wildman–Crippen LogP) is 0.190. The molecular formula is C22H41N5O5. The van der Waals surface area contributed by atoms with Gasteiger partial charge < -0.3 is 32.1 Å². The van der Waals surface area contributed by atoms with Gasteiger partial charge in [-0.1, -0.05) is 34.1 Å². The number of amides is 3. The van der Waals surface area contributed by atoms with E-state index >= 15 is 0 Å². The number of hydrogen-bond acceptors (Lipinski definition) is 6. The van der Waals surface area contributed by atoms with Crippen LogP contribution in [-0.4, -0.2) is 71.0 Å². The fourth-order valence-electron chi connectivity index (χ4n) is 3.79. The lowest BCUT2D eigenvalue weighted by molar-refractivity contribution is -0.144. The standard InChI is InChI=1S/C22H41N5O5/c1-5-14(4)17(24)21(30)27-12-8-10-16(27)20(29)25-15(9-6-7-11-23)19(28)26-18(13(2)3)22(31)32/h13-18H,5-12,23-24H2,1-4H3,(H,25,29)(H,26,28)(H,31,32). The van der Waals surface area contributed by atoms with E-state index in [1.54, 1.807) is 13.8 Å². The maximum atomic E-state index is 13.1. The van der Waals surface area contributed by atoms with Gasteiger partial charge in [-0.3, -0.25) is 14.4 Å². The van der Waals surface area contributed by atoms with Gasteiger partial charge in [-0.2, -0.15) is 0 Å². The Morgan fingerprint density at radius 2 is 1.78 bits per heavy atom. The molecule has 5 atom stereocenters. The summed E-state index contributed by atoms with van der Waals surface area (Å²) >= 11 is 0. The number of carboxylic acids is 1. The SMILES string of the molecule is CCC(C)C(N)C(=O)N1CCCC1C(=O)NC(CCCCN)C(=O)NC(C(=O)O)C(C)C. The highest BCUT2D eigenvalue weighted by Gasteiger charge is 2.38. The number of unbranched alkanes of at least 4 members (excludes halogenated alkanes) is 1. The fourth-order valence-corrected chi connectivity index (χ4v) is 3.79. The molecule has 184 valence electrons. The van der Waals surface area contributed by atoms with Crippen LogP contribution in [0.1, 0.15) is 66.2 Å². The molecule has 10 heteroatoms. The largest absolute Gasteiger partial charge is 0.480 e. The summed E-state index contributed by atoms with van der Waals surface area (Å²) in [7, 11) is 0. The molecule has 0 aromatic carbocycles. The minimum Gasteiger partial charge on any atom is -0.480 e. The first-order valence-electron chi connectivity index (χ1n) is 11.6. The number of carboxylic acid groups (broad SMARTS) is 1. The summed E-state index contributed by atoms with van der Waals surface area (Å²) in [6.07, 6.45) is 3.51. The number of carbonyl (C=O) groups is 4. The van der Waals surface area contributed by atoms with Gasteiger partial charge in [-0.05, 0) is 50.5 Å². The zero-order chi connectivity index (χ0) is 24.4. The monoisotopic (exact) mass is 455 g/mol. The van der Waals surface area contributed by atoms with E-state index in [-0.39, 0.29) is 17.7 Å². The van der Waals surface area contributed by atoms with Gasteiger partial charge in [0.25, 0.3) is 0 Å². The third kappa shape index (κ3) is 7.74. The lowest BCUT2D eigenvalue weighted by Gasteiger charge is -2.30. The Kier molecular flexibility index (Phi) is 11.6. The summed E-state index contributed by atoms with van der Waals surface area (Å²) in [4.78, 5) is 51.7. The number of rotatable bonds is 13. The van der Waals surface area contributed by atoms with Gasteiger partial charge in [-0.15, -0.1) is 0 Å². The third-order valence-corrected chi connectivity index (χ3v) is 6.19. The molecule has 0 spiro atoms. The van der Waals surface area contributed by atoms with E-state index in [1.807, 2.05) is 13.8 Å². The molecule has 0 bridgehead atoms. The molecule has 1 aliphatic rings. The summed E-state index contributed by atoms with van der Waals surface area (Å²) in [6, 6.07) is -3.34. The van der Waals surface area contributed by atoms with E-state index in [0.29, 0.717) is 45.2 Å². The van der Waals surface area contributed by atoms with Gasteiger partial charge in [0.15, 0.2) is 0 Å². The molecule has 0 radical (unpaired) electrons. The molecule has 0 saturated carbocycles. The Morgan fingerprint density at radius 3 is 2.31 bits per heavy atom. The van der Waals surface area contributed by atoms with Crippen LogP contribution in [0.2, 0.25) is 0 Å². The lowest BCUT2D eigenvalue weighted by Crippen LogP contribution is -2.57. The average molecular weight is 456 g/mol. The predicted molar refractivity (Wildman–Crippen MR) is 121 cm³/mol. The average Bonchev–Trinajstić information content (AvgIpc) is 3.24. The second-order valence-corrected chi connectivity index (χ2v) is 9.02. The van der Waals surface area contributed by atoms with Crippen LogP contribution in [0.4, 0.5) is 0 Å². The molecule has 32 heavy (non-hydrogen) atoms. The normalized spacial score (nSPS) is 19.8. The first-order chi connectivity index (χ1) is 15.0. The van der Waals surface area contributed by atoms with E-state index in [1.165, 1.54) is 4.90 Å².